The highest BCUT2D eigenvalue weighted by molar-refractivity contribution is 5.35. The van der Waals surface area contributed by atoms with Crippen LogP contribution in [0.25, 0.3) is 0 Å². The number of aryl methyl sites for hydroxylation is 1. The SMILES string of the molecule is Cc1cccc(CC2C=CC=C2)c1C. The number of hydrogen-bond acceptors (Lipinski definition) is 0. The van der Waals surface area contributed by atoms with Crippen LogP contribution < -0.4 is 0 Å². The Morgan fingerprint density at radius 3 is 2.50 bits per heavy atom. The Kier molecular flexibility index (Phi) is 2.53. The fourth-order valence-electron chi connectivity index (χ4n) is 1.90. The molecule has 1 aromatic carbocycles. The van der Waals surface area contributed by atoms with Crippen LogP contribution >= 0.6 is 0 Å². The molecule has 0 amide bonds. The first-order valence-corrected chi connectivity index (χ1v) is 5.17. The monoisotopic (exact) mass is 184 g/mol. The fourth-order valence-corrected chi connectivity index (χ4v) is 1.90. The second kappa shape index (κ2) is 3.83. The lowest BCUT2D eigenvalue weighted by molar-refractivity contribution is 0.809. The van der Waals surface area contributed by atoms with Gasteiger partial charge in [-0.05, 0) is 42.9 Å². The molecule has 1 aliphatic rings. The molecule has 0 nitrogen and oxygen atoms in total. The average Bonchev–Trinajstić information content (AvgIpc) is 2.66. The molecule has 0 fully saturated rings. The van der Waals surface area contributed by atoms with E-state index in [1.165, 1.54) is 16.7 Å². The van der Waals surface area contributed by atoms with Crippen LogP contribution in [-0.2, 0) is 6.42 Å². The lowest BCUT2D eigenvalue weighted by Crippen LogP contribution is -1.99. The van der Waals surface area contributed by atoms with E-state index >= 15 is 0 Å². The van der Waals surface area contributed by atoms with Crippen LogP contribution in [-0.4, -0.2) is 0 Å². The van der Waals surface area contributed by atoms with Crippen molar-refractivity contribution in [2.75, 3.05) is 0 Å². The number of allylic oxidation sites excluding steroid dienone is 4. The van der Waals surface area contributed by atoms with E-state index in [2.05, 4.69) is 56.4 Å². The van der Waals surface area contributed by atoms with E-state index in [9.17, 15) is 0 Å². The molecule has 0 aromatic heterocycles. The van der Waals surface area contributed by atoms with Crippen LogP contribution in [0.1, 0.15) is 16.7 Å². The minimum Gasteiger partial charge on any atom is -0.0773 e. The Labute approximate surface area is 86.0 Å². The van der Waals surface area contributed by atoms with Crippen LogP contribution in [0.2, 0.25) is 0 Å². The van der Waals surface area contributed by atoms with Gasteiger partial charge in [-0.2, -0.15) is 0 Å². The molecule has 1 aromatic rings. The third-order valence-corrected chi connectivity index (χ3v) is 3.00. The Hall–Kier alpha value is -1.30. The Morgan fingerprint density at radius 2 is 1.79 bits per heavy atom. The maximum absolute atomic E-state index is 2.27. The molecule has 0 radical (unpaired) electrons. The van der Waals surface area contributed by atoms with Crippen LogP contribution in [0, 0.1) is 19.8 Å². The zero-order valence-corrected chi connectivity index (χ0v) is 8.83. The van der Waals surface area contributed by atoms with Crippen molar-refractivity contribution >= 4 is 0 Å². The van der Waals surface area contributed by atoms with Crippen molar-refractivity contribution in [2.45, 2.75) is 20.3 Å². The Bertz CT molecular complexity index is 371. The van der Waals surface area contributed by atoms with Crippen LogP contribution in [0.4, 0.5) is 0 Å². The van der Waals surface area contributed by atoms with Crippen molar-refractivity contribution in [3.05, 3.63) is 59.2 Å². The number of hydrogen-bond donors (Lipinski definition) is 0. The molecule has 0 heterocycles. The quantitative estimate of drug-likeness (QED) is 0.659. The van der Waals surface area contributed by atoms with Gasteiger partial charge in [0.2, 0.25) is 0 Å². The fraction of sp³-hybridized carbons (Fsp3) is 0.286. The van der Waals surface area contributed by atoms with Gasteiger partial charge in [-0.15, -0.1) is 0 Å². The third-order valence-electron chi connectivity index (χ3n) is 3.00. The molecular weight excluding hydrogens is 168 g/mol. The van der Waals surface area contributed by atoms with Crippen molar-refractivity contribution in [3.63, 3.8) is 0 Å². The zero-order chi connectivity index (χ0) is 9.97. The zero-order valence-electron chi connectivity index (χ0n) is 8.83. The molecule has 1 aliphatic carbocycles. The molecule has 14 heavy (non-hydrogen) atoms. The summed E-state index contributed by atoms with van der Waals surface area (Å²) in [6.45, 7) is 4.40. The van der Waals surface area contributed by atoms with Gasteiger partial charge in [-0.3, -0.25) is 0 Å². The first-order chi connectivity index (χ1) is 6.77. The van der Waals surface area contributed by atoms with Crippen LogP contribution in [0.3, 0.4) is 0 Å². The largest absolute Gasteiger partial charge is 0.0773 e. The summed E-state index contributed by atoms with van der Waals surface area (Å²) in [5, 5.41) is 0. The molecule has 0 aliphatic heterocycles. The molecule has 0 saturated heterocycles. The molecule has 0 saturated carbocycles. The average molecular weight is 184 g/mol. The summed E-state index contributed by atoms with van der Waals surface area (Å²) in [7, 11) is 0. The molecule has 0 bridgehead atoms. The molecule has 0 spiro atoms. The van der Waals surface area contributed by atoms with Gasteiger partial charge in [-0.25, -0.2) is 0 Å². The topological polar surface area (TPSA) is 0 Å². The van der Waals surface area contributed by atoms with E-state index in [0.29, 0.717) is 5.92 Å². The smallest absolute Gasteiger partial charge is 0.000673 e. The molecule has 0 N–H and O–H groups in total. The maximum Gasteiger partial charge on any atom is -0.000673 e. The molecular formula is C14H16. The van der Waals surface area contributed by atoms with Crippen molar-refractivity contribution in [1.82, 2.24) is 0 Å². The van der Waals surface area contributed by atoms with Gasteiger partial charge in [-0.1, -0.05) is 42.5 Å². The summed E-state index contributed by atoms with van der Waals surface area (Å²) >= 11 is 0. The molecule has 72 valence electrons. The van der Waals surface area contributed by atoms with E-state index in [-0.39, 0.29) is 0 Å². The lowest BCUT2D eigenvalue weighted by atomic mass is 9.95. The molecule has 0 unspecified atom stereocenters. The summed E-state index contributed by atoms with van der Waals surface area (Å²) in [4.78, 5) is 0. The molecule has 2 rings (SSSR count). The van der Waals surface area contributed by atoms with Gasteiger partial charge >= 0.3 is 0 Å². The van der Waals surface area contributed by atoms with Crippen molar-refractivity contribution in [1.29, 1.82) is 0 Å². The van der Waals surface area contributed by atoms with Gasteiger partial charge in [0.1, 0.15) is 0 Å². The number of benzene rings is 1. The maximum atomic E-state index is 2.27. The van der Waals surface area contributed by atoms with Crippen LogP contribution in [0.15, 0.2) is 42.5 Å². The van der Waals surface area contributed by atoms with E-state index < -0.39 is 0 Å². The van der Waals surface area contributed by atoms with Gasteiger partial charge in [0.25, 0.3) is 0 Å². The third kappa shape index (κ3) is 1.79. The van der Waals surface area contributed by atoms with Gasteiger partial charge in [0.05, 0.1) is 0 Å². The molecule has 0 atom stereocenters. The van der Waals surface area contributed by atoms with Gasteiger partial charge < -0.3 is 0 Å². The van der Waals surface area contributed by atoms with Gasteiger partial charge in [0.15, 0.2) is 0 Å². The molecule has 0 heteroatoms. The highest BCUT2D eigenvalue weighted by atomic mass is 14.1. The second-order valence-corrected chi connectivity index (χ2v) is 4.00. The minimum atomic E-state index is 0.607. The van der Waals surface area contributed by atoms with E-state index in [0.717, 1.165) is 6.42 Å². The predicted octanol–water partition coefficient (Wildman–Crippen LogP) is 3.59. The summed E-state index contributed by atoms with van der Waals surface area (Å²) in [6, 6.07) is 6.57. The predicted molar refractivity (Wildman–Crippen MR) is 61.4 cm³/mol. The van der Waals surface area contributed by atoms with Crippen LogP contribution in [0.5, 0.6) is 0 Å². The first kappa shape index (κ1) is 9.26. The normalized spacial score (nSPS) is 15.3. The summed E-state index contributed by atoms with van der Waals surface area (Å²) in [6.07, 6.45) is 9.94. The summed E-state index contributed by atoms with van der Waals surface area (Å²) in [5.41, 5.74) is 4.32. The van der Waals surface area contributed by atoms with Crippen molar-refractivity contribution in [2.24, 2.45) is 5.92 Å². The minimum absolute atomic E-state index is 0.607. The van der Waals surface area contributed by atoms with Crippen molar-refractivity contribution in [3.8, 4) is 0 Å². The van der Waals surface area contributed by atoms with Crippen molar-refractivity contribution < 1.29 is 0 Å². The second-order valence-electron chi connectivity index (χ2n) is 4.00. The van der Waals surface area contributed by atoms with E-state index in [1.54, 1.807) is 0 Å². The van der Waals surface area contributed by atoms with E-state index in [1.807, 2.05) is 0 Å². The number of rotatable bonds is 2. The van der Waals surface area contributed by atoms with E-state index in [4.69, 9.17) is 0 Å². The summed E-state index contributed by atoms with van der Waals surface area (Å²) in [5.74, 6) is 0.607. The lowest BCUT2D eigenvalue weighted by Gasteiger charge is -2.10. The van der Waals surface area contributed by atoms with Gasteiger partial charge in [0, 0.05) is 0 Å². The standard InChI is InChI=1S/C14H16/c1-11-6-5-9-14(12(11)2)10-13-7-3-4-8-13/h3-9,13H,10H2,1-2H3. The Morgan fingerprint density at radius 1 is 1.07 bits per heavy atom. The first-order valence-electron chi connectivity index (χ1n) is 5.17. The Balaban J connectivity index is 2.20. The highest BCUT2D eigenvalue weighted by Gasteiger charge is 2.07. The summed E-state index contributed by atoms with van der Waals surface area (Å²) < 4.78 is 0. The highest BCUT2D eigenvalue weighted by Crippen LogP contribution is 2.20.